The van der Waals surface area contributed by atoms with Gasteiger partial charge in [0.15, 0.2) is 6.61 Å². The van der Waals surface area contributed by atoms with Crippen LogP contribution < -0.4 is 10.6 Å². The van der Waals surface area contributed by atoms with Crippen molar-refractivity contribution in [2.75, 3.05) is 23.8 Å². The van der Waals surface area contributed by atoms with E-state index >= 15 is 0 Å². The number of hydrogen-bond acceptors (Lipinski definition) is 6. The molecule has 6 atom stereocenters. The molecule has 11 heteroatoms. The Balaban J connectivity index is 1.22. The lowest BCUT2D eigenvalue weighted by molar-refractivity contribution is -0.149. The van der Waals surface area contributed by atoms with E-state index in [1.807, 2.05) is 0 Å². The predicted octanol–water partition coefficient (Wildman–Crippen LogP) is 2.29. The number of halogens is 2. The second-order valence-electron chi connectivity index (χ2n) is 8.55. The van der Waals surface area contributed by atoms with Crippen LogP contribution in [0.5, 0.6) is 0 Å². The van der Waals surface area contributed by atoms with E-state index in [4.69, 9.17) is 4.74 Å². The summed E-state index contributed by atoms with van der Waals surface area (Å²) < 4.78 is 4.99. The van der Waals surface area contributed by atoms with Crippen molar-refractivity contribution in [1.82, 2.24) is 4.90 Å². The Morgan fingerprint density at radius 1 is 0.970 bits per heavy atom. The third kappa shape index (κ3) is 4.70. The smallest absolute Gasteiger partial charge is 0.308 e. The fraction of sp³-hybridized carbons (Fsp3) is 0.500. The molecule has 176 valence electrons. The van der Waals surface area contributed by atoms with Crippen molar-refractivity contribution >= 4 is 72.8 Å². The van der Waals surface area contributed by atoms with Gasteiger partial charge in [-0.2, -0.15) is 0 Å². The van der Waals surface area contributed by atoms with Gasteiger partial charge in [-0.15, -0.1) is 0 Å². The van der Waals surface area contributed by atoms with Gasteiger partial charge < -0.3 is 15.4 Å². The third-order valence-electron chi connectivity index (χ3n) is 6.47. The predicted molar refractivity (Wildman–Crippen MR) is 126 cm³/mol. The first-order valence-electron chi connectivity index (χ1n) is 10.6. The van der Waals surface area contributed by atoms with Gasteiger partial charge in [-0.3, -0.25) is 28.9 Å². The number of benzene rings is 1. The van der Waals surface area contributed by atoms with E-state index in [9.17, 15) is 24.0 Å². The van der Waals surface area contributed by atoms with Crippen molar-refractivity contribution in [3.8, 4) is 0 Å². The highest BCUT2D eigenvalue weighted by molar-refractivity contribution is 9.12. The maximum atomic E-state index is 12.8. The van der Waals surface area contributed by atoms with E-state index in [2.05, 4.69) is 42.5 Å². The number of carbonyl (C=O) groups is 5. The highest BCUT2D eigenvalue weighted by Crippen LogP contribution is 2.60. The minimum Gasteiger partial charge on any atom is -0.456 e. The maximum absolute atomic E-state index is 12.8. The van der Waals surface area contributed by atoms with Crippen molar-refractivity contribution in [1.29, 1.82) is 0 Å². The first-order valence-corrected chi connectivity index (χ1v) is 12.5. The number of carbonyl (C=O) groups excluding carboxylic acids is 5. The van der Waals surface area contributed by atoms with Gasteiger partial charge in [0.1, 0.15) is 0 Å². The number of amides is 4. The van der Waals surface area contributed by atoms with Gasteiger partial charge in [0.2, 0.25) is 17.7 Å². The summed E-state index contributed by atoms with van der Waals surface area (Å²) in [5, 5.41) is 5.20. The van der Waals surface area contributed by atoms with Crippen molar-refractivity contribution in [2.24, 2.45) is 23.7 Å². The van der Waals surface area contributed by atoms with E-state index in [1.165, 1.54) is 11.8 Å². The molecule has 1 heterocycles. The Morgan fingerprint density at radius 2 is 1.48 bits per heavy atom. The largest absolute Gasteiger partial charge is 0.456 e. The van der Waals surface area contributed by atoms with Gasteiger partial charge in [0, 0.05) is 34.5 Å². The lowest BCUT2D eigenvalue weighted by Crippen LogP contribution is -2.37. The molecule has 1 aliphatic heterocycles. The maximum Gasteiger partial charge on any atom is 0.308 e. The number of esters is 1. The zero-order valence-corrected chi connectivity index (χ0v) is 20.9. The number of imide groups is 1. The first-order chi connectivity index (χ1) is 15.7. The van der Waals surface area contributed by atoms with E-state index in [0.717, 1.165) is 6.42 Å². The molecule has 2 aliphatic carbocycles. The van der Waals surface area contributed by atoms with Crippen LogP contribution in [0.1, 0.15) is 19.8 Å². The molecule has 0 spiro atoms. The summed E-state index contributed by atoms with van der Waals surface area (Å²) >= 11 is 7.28. The molecule has 2 N–H and O–H groups in total. The summed E-state index contributed by atoms with van der Waals surface area (Å²) in [6, 6.07) is 6.47. The fourth-order valence-corrected chi connectivity index (χ4v) is 6.96. The van der Waals surface area contributed by atoms with Crippen LogP contribution in [0.2, 0.25) is 0 Å². The zero-order valence-electron chi connectivity index (χ0n) is 17.8. The minimum absolute atomic E-state index is 0.0466. The Labute approximate surface area is 207 Å². The van der Waals surface area contributed by atoms with E-state index < -0.39 is 18.5 Å². The van der Waals surface area contributed by atoms with Gasteiger partial charge in [-0.25, -0.2) is 0 Å². The molecule has 2 bridgehead atoms. The second-order valence-corrected chi connectivity index (χ2v) is 10.7. The molecule has 1 aromatic carbocycles. The van der Waals surface area contributed by atoms with Crippen LogP contribution in [0.15, 0.2) is 24.3 Å². The number of nitrogens with zero attached hydrogens (tertiary/aromatic N) is 1. The summed E-state index contributed by atoms with van der Waals surface area (Å²) in [5.74, 6) is -2.22. The molecule has 33 heavy (non-hydrogen) atoms. The van der Waals surface area contributed by atoms with Gasteiger partial charge >= 0.3 is 5.97 Å². The summed E-state index contributed by atoms with van der Waals surface area (Å²) in [7, 11) is 0. The van der Waals surface area contributed by atoms with Crippen molar-refractivity contribution in [2.45, 2.75) is 29.4 Å². The van der Waals surface area contributed by atoms with Crippen LogP contribution in [0.4, 0.5) is 11.4 Å². The highest BCUT2D eigenvalue weighted by Gasteiger charge is 2.66. The van der Waals surface area contributed by atoms with Crippen LogP contribution in [-0.4, -0.2) is 57.3 Å². The normalized spacial score (nSPS) is 29.7. The Bertz CT molecular complexity index is 968. The zero-order chi connectivity index (χ0) is 23.9. The summed E-state index contributed by atoms with van der Waals surface area (Å²) in [5.41, 5.74) is 1.07. The van der Waals surface area contributed by atoms with Crippen LogP contribution in [0.25, 0.3) is 0 Å². The number of anilines is 2. The molecule has 1 saturated heterocycles. The van der Waals surface area contributed by atoms with Crippen molar-refractivity contribution < 1.29 is 28.7 Å². The van der Waals surface area contributed by atoms with Crippen molar-refractivity contribution in [3.63, 3.8) is 0 Å². The van der Waals surface area contributed by atoms with Gasteiger partial charge in [-0.1, -0.05) is 31.9 Å². The molecular weight excluding hydrogens is 562 g/mol. The molecule has 3 aliphatic rings. The molecule has 1 aromatic rings. The summed E-state index contributed by atoms with van der Waals surface area (Å²) in [6.45, 7) is 0.863. The lowest BCUT2D eigenvalue weighted by Gasteiger charge is -2.28. The van der Waals surface area contributed by atoms with Crippen LogP contribution in [0, 0.1) is 23.7 Å². The van der Waals surface area contributed by atoms with Gasteiger partial charge in [0.05, 0.1) is 18.3 Å². The molecule has 9 nitrogen and oxygen atoms in total. The van der Waals surface area contributed by atoms with Crippen LogP contribution in [0.3, 0.4) is 0 Å². The van der Waals surface area contributed by atoms with E-state index in [1.54, 1.807) is 24.3 Å². The Kier molecular flexibility index (Phi) is 6.90. The average molecular weight is 585 g/mol. The molecule has 0 radical (unpaired) electrons. The molecule has 3 fully saturated rings. The summed E-state index contributed by atoms with van der Waals surface area (Å²) in [6.07, 6.45) is 0.681. The average Bonchev–Trinajstić information content (AvgIpc) is 3.37. The standard InChI is InChI=1S/C22H23Br2N3O6/c1-10(28)25-11-2-4-12(5-3-11)26-15(29)9-33-16(30)6-7-27-21(31)17-13-8-14(18(17)22(27)32)20(24)19(13)23/h2-5,13-14,17-20H,6-9H2,1H3,(H,25,28)(H,26,29)/t13-,14-,17-,18-,19-,20+/m1/s1. The molecular formula is C22H23Br2N3O6. The molecule has 4 rings (SSSR count). The highest BCUT2D eigenvalue weighted by atomic mass is 79.9. The molecule has 0 aromatic heterocycles. The van der Waals surface area contributed by atoms with Crippen molar-refractivity contribution in [3.05, 3.63) is 24.3 Å². The lowest BCUT2D eigenvalue weighted by atomic mass is 9.81. The van der Waals surface area contributed by atoms with Crippen LogP contribution in [-0.2, 0) is 28.7 Å². The van der Waals surface area contributed by atoms with Crippen LogP contribution >= 0.6 is 31.9 Å². The topological polar surface area (TPSA) is 122 Å². The third-order valence-corrected chi connectivity index (χ3v) is 9.68. The van der Waals surface area contributed by atoms with Gasteiger partial charge in [0.25, 0.3) is 5.91 Å². The Hall–Kier alpha value is -2.27. The van der Waals surface area contributed by atoms with Gasteiger partial charge in [-0.05, 0) is 42.5 Å². The SMILES string of the molecule is CC(=O)Nc1ccc(NC(=O)COC(=O)CCN2C(=O)[C@@H]3[C@H]4C[C@@H]([C@@H](Br)[C@H]4Br)[C@H]3C2=O)cc1. The second kappa shape index (κ2) is 9.54. The first kappa shape index (κ1) is 23.9. The van der Waals surface area contributed by atoms with E-state index in [0.29, 0.717) is 11.4 Å². The minimum atomic E-state index is -0.663. The summed E-state index contributed by atoms with van der Waals surface area (Å²) in [4.78, 5) is 62.3. The monoisotopic (exact) mass is 583 g/mol. The number of hydrogen-bond donors (Lipinski definition) is 2. The number of nitrogens with one attached hydrogen (secondary N) is 2. The molecule has 4 amide bonds. The fourth-order valence-electron chi connectivity index (χ4n) is 5.09. The molecule has 2 saturated carbocycles. The van der Waals surface area contributed by atoms with E-state index in [-0.39, 0.29) is 64.0 Å². The number of likely N-dealkylation sites (tertiary alicyclic amines) is 1. The number of rotatable bonds is 7. The Morgan fingerprint density at radius 3 is 2.00 bits per heavy atom. The number of fused-ring (bicyclic) bond motifs is 5. The number of ether oxygens (including phenoxy) is 1. The number of alkyl halides is 2. The molecule has 0 unspecified atom stereocenters. The quantitative estimate of drug-likeness (QED) is 0.288.